The van der Waals surface area contributed by atoms with Crippen molar-refractivity contribution >= 4 is 34.7 Å². The SMILES string of the molecule is CCc1cccc(CC)c1NC(=O)CSc1nnc(Cc2csc(C)n2)o1. The molecule has 0 aliphatic carbocycles. The molecule has 3 aromatic rings. The molecule has 0 saturated heterocycles. The zero-order valence-electron chi connectivity index (χ0n) is 15.6. The first-order valence-electron chi connectivity index (χ1n) is 8.85. The first-order valence-corrected chi connectivity index (χ1v) is 10.7. The van der Waals surface area contributed by atoms with Gasteiger partial charge in [-0.15, -0.1) is 21.5 Å². The fourth-order valence-corrected chi connectivity index (χ4v) is 3.91. The molecule has 1 amide bonds. The largest absolute Gasteiger partial charge is 0.416 e. The summed E-state index contributed by atoms with van der Waals surface area (Å²) in [6, 6.07) is 6.13. The second kappa shape index (κ2) is 9.14. The quantitative estimate of drug-likeness (QED) is 0.566. The number of rotatable bonds is 8. The summed E-state index contributed by atoms with van der Waals surface area (Å²) < 4.78 is 5.61. The summed E-state index contributed by atoms with van der Waals surface area (Å²) in [4.78, 5) is 16.8. The van der Waals surface area contributed by atoms with E-state index in [2.05, 4.69) is 34.3 Å². The van der Waals surface area contributed by atoms with Gasteiger partial charge in [0.2, 0.25) is 11.8 Å². The number of anilines is 1. The van der Waals surface area contributed by atoms with Crippen LogP contribution in [0.15, 0.2) is 33.2 Å². The Labute approximate surface area is 166 Å². The first-order chi connectivity index (χ1) is 13.1. The Bertz CT molecular complexity index is 898. The predicted octanol–water partition coefficient (Wildman–Crippen LogP) is 4.28. The van der Waals surface area contributed by atoms with E-state index < -0.39 is 0 Å². The number of thiazole rings is 1. The van der Waals surface area contributed by atoms with E-state index in [0.717, 1.165) is 40.4 Å². The van der Waals surface area contributed by atoms with Crippen LogP contribution in [0.4, 0.5) is 5.69 Å². The van der Waals surface area contributed by atoms with Crippen molar-refractivity contribution in [1.82, 2.24) is 15.2 Å². The van der Waals surface area contributed by atoms with Crippen LogP contribution in [0, 0.1) is 6.92 Å². The van der Waals surface area contributed by atoms with Crippen LogP contribution in [0.2, 0.25) is 0 Å². The number of benzene rings is 1. The van der Waals surface area contributed by atoms with Gasteiger partial charge in [-0.2, -0.15) is 0 Å². The van der Waals surface area contributed by atoms with E-state index in [4.69, 9.17) is 4.42 Å². The van der Waals surface area contributed by atoms with Crippen LogP contribution in [0.1, 0.15) is 41.6 Å². The molecular formula is C19H22N4O2S2. The predicted molar refractivity (Wildman–Crippen MR) is 109 cm³/mol. The highest BCUT2D eigenvalue weighted by atomic mass is 32.2. The lowest BCUT2D eigenvalue weighted by atomic mass is 10.0. The van der Waals surface area contributed by atoms with Crippen LogP contribution in [-0.4, -0.2) is 26.8 Å². The minimum atomic E-state index is -0.0783. The molecule has 0 radical (unpaired) electrons. The Hall–Kier alpha value is -2.19. The molecule has 2 heterocycles. The van der Waals surface area contributed by atoms with Crippen LogP contribution in [-0.2, 0) is 24.1 Å². The molecule has 6 nitrogen and oxygen atoms in total. The van der Waals surface area contributed by atoms with Gasteiger partial charge < -0.3 is 9.73 Å². The molecule has 0 spiro atoms. The highest BCUT2D eigenvalue weighted by Gasteiger charge is 2.14. The summed E-state index contributed by atoms with van der Waals surface area (Å²) in [6.07, 6.45) is 2.26. The first kappa shape index (κ1) is 19.6. The average molecular weight is 403 g/mol. The Morgan fingerprint density at radius 1 is 1.22 bits per heavy atom. The van der Waals surface area contributed by atoms with Crippen molar-refractivity contribution in [2.24, 2.45) is 0 Å². The second-order valence-electron chi connectivity index (χ2n) is 5.99. The molecule has 0 unspecified atom stereocenters. The third kappa shape index (κ3) is 5.17. The summed E-state index contributed by atoms with van der Waals surface area (Å²) >= 11 is 2.83. The monoisotopic (exact) mass is 402 g/mol. The van der Waals surface area contributed by atoms with E-state index in [-0.39, 0.29) is 11.7 Å². The van der Waals surface area contributed by atoms with E-state index in [1.54, 1.807) is 11.3 Å². The number of amides is 1. The molecule has 27 heavy (non-hydrogen) atoms. The Kier molecular flexibility index (Phi) is 6.63. The van der Waals surface area contributed by atoms with Crippen LogP contribution in [0.25, 0.3) is 0 Å². The fraction of sp³-hybridized carbons (Fsp3) is 0.368. The normalized spacial score (nSPS) is 10.9. The van der Waals surface area contributed by atoms with Gasteiger partial charge >= 0.3 is 0 Å². The Morgan fingerprint density at radius 2 is 1.96 bits per heavy atom. The van der Waals surface area contributed by atoms with Gasteiger partial charge in [0.05, 0.1) is 22.9 Å². The third-order valence-corrected chi connectivity index (χ3v) is 5.68. The molecule has 0 aliphatic rings. The molecule has 8 heteroatoms. The molecule has 1 N–H and O–H groups in total. The van der Waals surface area contributed by atoms with Crippen molar-refractivity contribution in [2.45, 2.75) is 45.3 Å². The van der Waals surface area contributed by atoms with Gasteiger partial charge in [-0.3, -0.25) is 4.79 Å². The van der Waals surface area contributed by atoms with Gasteiger partial charge in [-0.1, -0.05) is 43.8 Å². The standard InChI is InChI=1S/C19H22N4O2S2/c1-4-13-7-6-8-14(5-2)18(13)21-16(24)11-27-19-23-22-17(25-19)9-15-10-26-12(3)20-15/h6-8,10H,4-5,9,11H2,1-3H3,(H,21,24). The minimum absolute atomic E-state index is 0.0783. The molecule has 142 valence electrons. The minimum Gasteiger partial charge on any atom is -0.416 e. The molecule has 0 fully saturated rings. The Balaban J connectivity index is 1.57. The zero-order valence-corrected chi connectivity index (χ0v) is 17.2. The number of aryl methyl sites for hydroxylation is 3. The summed E-state index contributed by atoms with van der Waals surface area (Å²) in [5.74, 6) is 0.650. The highest BCUT2D eigenvalue weighted by Crippen LogP contribution is 2.24. The van der Waals surface area contributed by atoms with Gasteiger partial charge in [0.1, 0.15) is 0 Å². The number of carbonyl (C=O) groups excluding carboxylic acids is 1. The lowest BCUT2D eigenvalue weighted by Gasteiger charge is -2.13. The highest BCUT2D eigenvalue weighted by molar-refractivity contribution is 7.99. The van der Waals surface area contributed by atoms with Crippen LogP contribution in [0.5, 0.6) is 0 Å². The summed E-state index contributed by atoms with van der Waals surface area (Å²) in [6.45, 7) is 6.13. The number of nitrogens with one attached hydrogen (secondary N) is 1. The lowest BCUT2D eigenvalue weighted by Crippen LogP contribution is -2.16. The van der Waals surface area contributed by atoms with Crippen molar-refractivity contribution in [3.8, 4) is 0 Å². The second-order valence-corrected chi connectivity index (χ2v) is 7.98. The van der Waals surface area contributed by atoms with Gasteiger partial charge in [-0.25, -0.2) is 4.98 Å². The number of hydrogen-bond donors (Lipinski definition) is 1. The maximum Gasteiger partial charge on any atom is 0.277 e. The third-order valence-electron chi connectivity index (χ3n) is 4.04. The van der Waals surface area contributed by atoms with Gasteiger partial charge in [-0.05, 0) is 30.9 Å². The number of nitrogens with zero attached hydrogens (tertiary/aromatic N) is 3. The summed E-state index contributed by atoms with van der Waals surface area (Å²) in [5, 5.41) is 14.5. The molecule has 2 aromatic heterocycles. The van der Waals surface area contributed by atoms with Crippen molar-refractivity contribution in [2.75, 3.05) is 11.1 Å². The van der Waals surface area contributed by atoms with Crippen molar-refractivity contribution < 1.29 is 9.21 Å². The van der Waals surface area contributed by atoms with Crippen LogP contribution < -0.4 is 5.32 Å². The van der Waals surface area contributed by atoms with Crippen molar-refractivity contribution in [3.05, 3.63) is 51.3 Å². The summed E-state index contributed by atoms with van der Waals surface area (Å²) in [5.41, 5.74) is 4.13. The van der Waals surface area contributed by atoms with Crippen LogP contribution >= 0.6 is 23.1 Å². The zero-order chi connectivity index (χ0) is 19.2. The molecule has 3 rings (SSSR count). The lowest BCUT2D eigenvalue weighted by molar-refractivity contribution is -0.113. The summed E-state index contributed by atoms with van der Waals surface area (Å²) in [7, 11) is 0. The number of hydrogen-bond acceptors (Lipinski definition) is 7. The number of aromatic nitrogens is 3. The van der Waals surface area contributed by atoms with E-state index in [9.17, 15) is 4.79 Å². The molecule has 0 bridgehead atoms. The van der Waals surface area contributed by atoms with Gasteiger partial charge in [0.25, 0.3) is 5.22 Å². The molecule has 1 aromatic carbocycles. The number of thioether (sulfide) groups is 1. The maximum atomic E-state index is 12.4. The van der Waals surface area contributed by atoms with E-state index >= 15 is 0 Å². The molecule has 0 saturated carbocycles. The fourth-order valence-electron chi connectivity index (χ4n) is 2.72. The Morgan fingerprint density at radius 3 is 2.59 bits per heavy atom. The van der Waals surface area contributed by atoms with Gasteiger partial charge in [0.15, 0.2) is 0 Å². The molecule has 0 aliphatic heterocycles. The van der Waals surface area contributed by atoms with Crippen molar-refractivity contribution in [1.29, 1.82) is 0 Å². The topological polar surface area (TPSA) is 80.9 Å². The van der Waals surface area contributed by atoms with E-state index in [0.29, 0.717) is 17.5 Å². The van der Waals surface area contributed by atoms with E-state index in [1.807, 2.05) is 30.5 Å². The van der Waals surface area contributed by atoms with E-state index in [1.165, 1.54) is 11.8 Å². The van der Waals surface area contributed by atoms with Crippen molar-refractivity contribution in [3.63, 3.8) is 0 Å². The maximum absolute atomic E-state index is 12.4. The number of para-hydroxylation sites is 1. The average Bonchev–Trinajstić information content (AvgIpc) is 3.29. The number of carbonyl (C=O) groups is 1. The van der Waals surface area contributed by atoms with Crippen LogP contribution in [0.3, 0.4) is 0 Å². The molecular weight excluding hydrogens is 380 g/mol. The molecule has 0 atom stereocenters. The van der Waals surface area contributed by atoms with Gasteiger partial charge in [0, 0.05) is 11.1 Å². The smallest absolute Gasteiger partial charge is 0.277 e.